The average Bonchev–Trinajstić information content (AvgIpc) is 3.35. The number of carbonyl (C=O) groups excluding carboxylic acids is 1. The molecule has 0 saturated heterocycles. The predicted molar refractivity (Wildman–Crippen MR) is 143 cm³/mol. The van der Waals surface area contributed by atoms with E-state index < -0.39 is 11.6 Å². The highest BCUT2D eigenvalue weighted by molar-refractivity contribution is 5.75. The molecule has 4 rings (SSSR count). The number of benzene rings is 1. The molecular formula is C28H29N7O3. The Morgan fingerprint density at radius 2 is 1.79 bits per heavy atom. The number of ether oxygens (including phenoxy) is 2. The van der Waals surface area contributed by atoms with Gasteiger partial charge in [0.15, 0.2) is 0 Å². The molecule has 38 heavy (non-hydrogen) atoms. The van der Waals surface area contributed by atoms with Crippen molar-refractivity contribution in [1.29, 1.82) is 0 Å². The number of aromatic nitrogens is 6. The van der Waals surface area contributed by atoms with Crippen LogP contribution in [0.5, 0.6) is 0 Å². The molecule has 1 N–H and O–H groups in total. The van der Waals surface area contributed by atoms with E-state index in [1.165, 1.54) is 0 Å². The summed E-state index contributed by atoms with van der Waals surface area (Å²) in [4.78, 5) is 26.0. The molecule has 0 aliphatic heterocycles. The van der Waals surface area contributed by atoms with Gasteiger partial charge in [0.1, 0.15) is 17.8 Å². The Balaban J connectivity index is 1.63. The molecule has 0 saturated carbocycles. The second-order valence-corrected chi connectivity index (χ2v) is 9.48. The van der Waals surface area contributed by atoms with Crippen molar-refractivity contribution in [3.8, 4) is 35.0 Å². The van der Waals surface area contributed by atoms with Gasteiger partial charge in [-0.15, -0.1) is 11.5 Å². The number of anilines is 1. The minimum atomic E-state index is -0.598. The molecular weight excluding hydrogens is 482 g/mol. The first-order chi connectivity index (χ1) is 18.2. The summed E-state index contributed by atoms with van der Waals surface area (Å²) in [7, 11) is 1.63. The van der Waals surface area contributed by atoms with E-state index in [4.69, 9.17) is 15.9 Å². The van der Waals surface area contributed by atoms with Gasteiger partial charge in [0.25, 0.3) is 0 Å². The van der Waals surface area contributed by atoms with Crippen molar-refractivity contribution in [2.24, 2.45) is 0 Å². The van der Waals surface area contributed by atoms with Crippen LogP contribution in [0.2, 0.25) is 0 Å². The van der Waals surface area contributed by atoms with E-state index in [1.807, 2.05) is 63.2 Å². The van der Waals surface area contributed by atoms with E-state index in [1.54, 1.807) is 24.1 Å². The van der Waals surface area contributed by atoms with E-state index >= 15 is 0 Å². The maximum atomic E-state index is 12.3. The lowest BCUT2D eigenvalue weighted by Gasteiger charge is -2.19. The number of nitrogens with one attached hydrogen (secondary N) is 1. The van der Waals surface area contributed by atoms with Crippen molar-refractivity contribution in [1.82, 2.24) is 29.9 Å². The molecule has 0 radical (unpaired) electrons. The monoisotopic (exact) mass is 511 g/mol. The fraction of sp³-hybridized carbons (Fsp3) is 0.286. The zero-order chi connectivity index (χ0) is 27.1. The fourth-order valence-electron chi connectivity index (χ4n) is 3.61. The van der Waals surface area contributed by atoms with Gasteiger partial charge in [0.2, 0.25) is 5.95 Å². The van der Waals surface area contributed by atoms with E-state index in [2.05, 4.69) is 36.5 Å². The van der Waals surface area contributed by atoms with Crippen LogP contribution in [0.4, 0.5) is 5.95 Å². The van der Waals surface area contributed by atoms with Gasteiger partial charge in [-0.1, -0.05) is 29.3 Å². The molecule has 0 amide bonds. The molecule has 3 aromatic heterocycles. The number of nitrogens with zero attached hydrogens (tertiary/aromatic N) is 6. The SMILES string of the molecule is C#Cc1cccc(-c2cc(-c3cn(Cc4cccc(COC)n4)nn3)nc(NCC(=O)OC(C)(C)C)n2)c1. The average molecular weight is 512 g/mol. The summed E-state index contributed by atoms with van der Waals surface area (Å²) in [6.45, 7) is 6.19. The minimum absolute atomic E-state index is 0.0965. The van der Waals surface area contributed by atoms with Gasteiger partial charge in [-0.3, -0.25) is 9.78 Å². The van der Waals surface area contributed by atoms with Crippen LogP contribution in [-0.2, 0) is 27.4 Å². The van der Waals surface area contributed by atoms with Crippen molar-refractivity contribution >= 4 is 11.9 Å². The second-order valence-electron chi connectivity index (χ2n) is 9.48. The molecule has 194 valence electrons. The number of esters is 1. The summed E-state index contributed by atoms with van der Waals surface area (Å²) in [5.41, 5.74) is 4.26. The third-order valence-corrected chi connectivity index (χ3v) is 5.14. The standard InChI is InChI=1S/C28H29N7O3/c1-6-19-9-7-10-20(13-19)23-14-24(32-27(31-23)29-15-26(36)38-28(2,3)4)25-17-35(34-33-25)16-21-11-8-12-22(30-21)18-37-5/h1,7-14,17H,15-16,18H2,2-5H3,(H,29,31,32). The van der Waals surface area contributed by atoms with Crippen LogP contribution in [-0.4, -0.2) is 55.2 Å². The van der Waals surface area contributed by atoms with E-state index in [9.17, 15) is 4.79 Å². The Labute approximate surface area is 221 Å². The molecule has 0 atom stereocenters. The van der Waals surface area contributed by atoms with E-state index in [-0.39, 0.29) is 12.5 Å². The van der Waals surface area contributed by atoms with Crippen molar-refractivity contribution < 1.29 is 14.3 Å². The normalized spacial score (nSPS) is 11.1. The summed E-state index contributed by atoms with van der Waals surface area (Å²) < 4.78 is 12.2. The van der Waals surface area contributed by atoms with Crippen LogP contribution in [0.1, 0.15) is 37.7 Å². The number of rotatable bonds is 9. The number of pyridine rings is 1. The van der Waals surface area contributed by atoms with Crippen molar-refractivity contribution in [2.75, 3.05) is 19.0 Å². The van der Waals surface area contributed by atoms with Gasteiger partial charge in [0.05, 0.1) is 42.1 Å². The van der Waals surface area contributed by atoms with Crippen LogP contribution < -0.4 is 5.32 Å². The topological polar surface area (TPSA) is 117 Å². The molecule has 4 aromatic rings. The summed E-state index contributed by atoms with van der Waals surface area (Å²) in [5.74, 6) is 2.47. The molecule has 3 heterocycles. The predicted octanol–water partition coefficient (Wildman–Crippen LogP) is 3.73. The van der Waals surface area contributed by atoms with E-state index in [0.29, 0.717) is 30.2 Å². The Morgan fingerprint density at radius 3 is 2.55 bits per heavy atom. The van der Waals surface area contributed by atoms with Gasteiger partial charge < -0.3 is 14.8 Å². The Kier molecular flexibility index (Phi) is 8.09. The lowest BCUT2D eigenvalue weighted by molar-refractivity contribution is -0.152. The maximum Gasteiger partial charge on any atom is 0.325 e. The molecule has 1 aromatic carbocycles. The van der Waals surface area contributed by atoms with Gasteiger partial charge >= 0.3 is 5.97 Å². The highest BCUT2D eigenvalue weighted by atomic mass is 16.6. The highest BCUT2D eigenvalue weighted by Gasteiger charge is 2.17. The van der Waals surface area contributed by atoms with Crippen LogP contribution in [0.25, 0.3) is 22.6 Å². The molecule has 0 aliphatic carbocycles. The first-order valence-corrected chi connectivity index (χ1v) is 12.0. The lowest BCUT2D eigenvalue weighted by atomic mass is 10.1. The zero-order valence-corrected chi connectivity index (χ0v) is 21.8. The third kappa shape index (κ3) is 7.21. The molecule has 0 spiro atoms. The number of carbonyl (C=O) groups is 1. The molecule has 0 fully saturated rings. The van der Waals surface area contributed by atoms with Crippen LogP contribution in [0.15, 0.2) is 54.7 Å². The molecule has 0 aliphatic rings. The fourth-order valence-corrected chi connectivity index (χ4v) is 3.61. The van der Waals surface area contributed by atoms with Crippen molar-refractivity contribution in [3.05, 3.63) is 71.7 Å². The minimum Gasteiger partial charge on any atom is -0.459 e. The van der Waals surface area contributed by atoms with Gasteiger partial charge in [0, 0.05) is 18.2 Å². The van der Waals surface area contributed by atoms with Crippen LogP contribution in [0.3, 0.4) is 0 Å². The maximum absolute atomic E-state index is 12.3. The highest BCUT2D eigenvalue weighted by Crippen LogP contribution is 2.25. The Hall–Kier alpha value is -4.62. The number of methoxy groups -OCH3 is 1. The third-order valence-electron chi connectivity index (χ3n) is 5.14. The lowest BCUT2D eigenvalue weighted by Crippen LogP contribution is -2.28. The Morgan fingerprint density at radius 1 is 1.03 bits per heavy atom. The first kappa shape index (κ1) is 26.4. The van der Waals surface area contributed by atoms with Crippen LogP contribution in [0, 0.1) is 12.3 Å². The van der Waals surface area contributed by atoms with Crippen molar-refractivity contribution in [3.63, 3.8) is 0 Å². The smallest absolute Gasteiger partial charge is 0.325 e. The summed E-state index contributed by atoms with van der Waals surface area (Å²) in [6.07, 6.45) is 7.38. The van der Waals surface area contributed by atoms with Gasteiger partial charge in [-0.25, -0.2) is 14.6 Å². The largest absolute Gasteiger partial charge is 0.459 e. The van der Waals surface area contributed by atoms with Crippen molar-refractivity contribution in [2.45, 2.75) is 39.5 Å². The quantitative estimate of drug-likeness (QED) is 0.265. The molecule has 10 heteroatoms. The van der Waals surface area contributed by atoms with Crippen LogP contribution >= 0.6 is 0 Å². The molecule has 0 bridgehead atoms. The number of terminal acetylenes is 1. The molecule has 0 unspecified atom stereocenters. The first-order valence-electron chi connectivity index (χ1n) is 12.0. The van der Waals surface area contributed by atoms with Gasteiger partial charge in [-0.2, -0.15) is 0 Å². The summed E-state index contributed by atoms with van der Waals surface area (Å²) in [5, 5.41) is 11.5. The van der Waals surface area contributed by atoms with Gasteiger partial charge in [-0.05, 0) is 51.1 Å². The van der Waals surface area contributed by atoms with E-state index in [0.717, 1.165) is 22.5 Å². The second kappa shape index (κ2) is 11.6. The summed E-state index contributed by atoms with van der Waals surface area (Å²) >= 11 is 0. The molecule has 10 nitrogen and oxygen atoms in total. The number of hydrogen-bond acceptors (Lipinski definition) is 9. The number of hydrogen-bond donors (Lipinski definition) is 1. The summed E-state index contributed by atoms with van der Waals surface area (Å²) in [6, 6.07) is 15.0. The Bertz CT molecular complexity index is 1470. The zero-order valence-electron chi connectivity index (χ0n) is 21.8.